The van der Waals surface area contributed by atoms with Crippen LogP contribution in [0.15, 0.2) is 18.2 Å². The van der Waals surface area contributed by atoms with E-state index in [9.17, 15) is 19.2 Å². The molecule has 0 bridgehead atoms. The summed E-state index contributed by atoms with van der Waals surface area (Å²) in [5.41, 5.74) is 1.62. The van der Waals surface area contributed by atoms with Gasteiger partial charge >= 0.3 is 0 Å². The summed E-state index contributed by atoms with van der Waals surface area (Å²) in [5, 5.41) is 5.69. The molecule has 1 aromatic carbocycles. The van der Waals surface area contributed by atoms with Crippen molar-refractivity contribution in [1.82, 2.24) is 20.4 Å². The molecule has 4 amide bonds. The van der Waals surface area contributed by atoms with Crippen molar-refractivity contribution in [1.29, 1.82) is 0 Å². The van der Waals surface area contributed by atoms with Gasteiger partial charge in [0.05, 0.1) is 17.2 Å². The van der Waals surface area contributed by atoms with Crippen LogP contribution >= 0.6 is 0 Å². The summed E-state index contributed by atoms with van der Waals surface area (Å²) in [7, 11) is 0. The highest BCUT2D eigenvalue weighted by Crippen LogP contribution is 2.29. The Kier molecular flexibility index (Phi) is 7.27. The van der Waals surface area contributed by atoms with Crippen molar-refractivity contribution in [2.45, 2.75) is 63.6 Å². The van der Waals surface area contributed by atoms with Gasteiger partial charge in [0.1, 0.15) is 6.04 Å². The molecule has 4 aliphatic heterocycles. The van der Waals surface area contributed by atoms with Crippen molar-refractivity contribution in [3.05, 3.63) is 34.9 Å². The van der Waals surface area contributed by atoms with Crippen molar-refractivity contribution in [3.63, 3.8) is 0 Å². The summed E-state index contributed by atoms with van der Waals surface area (Å²) in [5.74, 6) is -1.17. The Morgan fingerprint density at radius 3 is 2.66 bits per heavy atom. The summed E-state index contributed by atoms with van der Waals surface area (Å²) >= 11 is 0. The van der Waals surface area contributed by atoms with E-state index in [2.05, 4.69) is 15.5 Å². The van der Waals surface area contributed by atoms with Crippen LogP contribution in [0.25, 0.3) is 0 Å². The van der Waals surface area contributed by atoms with E-state index in [1.54, 1.807) is 12.1 Å². The van der Waals surface area contributed by atoms with E-state index >= 15 is 0 Å². The van der Waals surface area contributed by atoms with E-state index in [-0.39, 0.29) is 24.9 Å². The van der Waals surface area contributed by atoms with Gasteiger partial charge in [-0.15, -0.1) is 0 Å². The summed E-state index contributed by atoms with van der Waals surface area (Å²) in [4.78, 5) is 53.1. The molecule has 0 spiro atoms. The molecular weight excluding hydrogens is 448 g/mol. The second-order valence-electron chi connectivity index (χ2n) is 10.2. The molecule has 3 fully saturated rings. The van der Waals surface area contributed by atoms with Crippen LogP contribution in [0.1, 0.15) is 71.2 Å². The molecule has 2 N–H and O–H groups in total. The molecule has 5 rings (SSSR count). The fourth-order valence-corrected chi connectivity index (χ4v) is 5.74. The normalized spacial score (nSPS) is 27.8. The molecule has 0 aromatic heterocycles. The molecule has 3 atom stereocenters. The number of carbonyl (C=O) groups is 4. The van der Waals surface area contributed by atoms with Crippen molar-refractivity contribution in [2.24, 2.45) is 5.92 Å². The highest BCUT2D eigenvalue weighted by Gasteiger charge is 2.44. The van der Waals surface area contributed by atoms with Crippen LogP contribution < -0.4 is 10.6 Å². The van der Waals surface area contributed by atoms with Crippen LogP contribution in [0.4, 0.5) is 0 Å². The standard InChI is InChI=1S/C26H34N4O5/c31-23-8-7-22(24(32)28-23)30-25(33)20-6-5-18(13-21(20)26(30)34)15-29-11-2-4-19(16-29)35-12-9-17-3-1-10-27-14-17/h5-6,13,17,19,22,27H,1-4,7-12,14-16H2,(H,28,31,32). The van der Waals surface area contributed by atoms with Gasteiger partial charge in [0.25, 0.3) is 11.8 Å². The van der Waals surface area contributed by atoms with Gasteiger partial charge in [-0.3, -0.25) is 34.3 Å². The highest BCUT2D eigenvalue weighted by atomic mass is 16.5. The zero-order valence-electron chi connectivity index (χ0n) is 20.1. The van der Waals surface area contributed by atoms with Gasteiger partial charge in [-0.25, -0.2) is 0 Å². The van der Waals surface area contributed by atoms with Crippen LogP contribution in [0, 0.1) is 5.92 Å². The number of nitrogens with zero attached hydrogens (tertiary/aromatic N) is 2. The smallest absolute Gasteiger partial charge is 0.262 e. The Labute approximate surface area is 205 Å². The molecule has 4 aliphatic rings. The molecule has 9 heteroatoms. The maximum absolute atomic E-state index is 13.1. The average molecular weight is 483 g/mol. The molecule has 188 valence electrons. The second kappa shape index (κ2) is 10.6. The minimum absolute atomic E-state index is 0.116. The minimum Gasteiger partial charge on any atom is -0.377 e. The third-order valence-corrected chi connectivity index (χ3v) is 7.65. The van der Waals surface area contributed by atoms with Gasteiger partial charge in [-0.2, -0.15) is 0 Å². The number of imide groups is 2. The van der Waals surface area contributed by atoms with Crippen LogP contribution in [0.3, 0.4) is 0 Å². The highest BCUT2D eigenvalue weighted by molar-refractivity contribution is 6.23. The minimum atomic E-state index is -0.937. The number of fused-ring (bicyclic) bond motifs is 1. The third-order valence-electron chi connectivity index (χ3n) is 7.65. The summed E-state index contributed by atoms with van der Waals surface area (Å²) < 4.78 is 6.22. The maximum atomic E-state index is 13.1. The molecule has 3 unspecified atom stereocenters. The van der Waals surface area contributed by atoms with Gasteiger partial charge in [-0.05, 0) is 81.8 Å². The number of rotatable bonds is 7. The summed E-state index contributed by atoms with van der Waals surface area (Å²) in [6.07, 6.45) is 6.28. The molecule has 1 aromatic rings. The number of amides is 4. The lowest BCUT2D eigenvalue weighted by Gasteiger charge is -2.33. The number of ether oxygens (including phenoxy) is 1. The molecule has 3 saturated heterocycles. The van der Waals surface area contributed by atoms with E-state index in [1.165, 1.54) is 12.8 Å². The van der Waals surface area contributed by atoms with Gasteiger partial charge in [0, 0.05) is 26.1 Å². The van der Waals surface area contributed by atoms with Crippen LogP contribution in [-0.2, 0) is 20.9 Å². The van der Waals surface area contributed by atoms with Crippen molar-refractivity contribution < 1.29 is 23.9 Å². The number of carbonyl (C=O) groups excluding carboxylic acids is 4. The Hall–Kier alpha value is -2.62. The Balaban J connectivity index is 1.17. The van der Waals surface area contributed by atoms with Crippen molar-refractivity contribution >= 4 is 23.6 Å². The first kappa shape index (κ1) is 24.1. The topological polar surface area (TPSA) is 108 Å². The average Bonchev–Trinajstić information content (AvgIpc) is 3.10. The number of benzene rings is 1. The molecule has 0 aliphatic carbocycles. The van der Waals surface area contributed by atoms with E-state index in [0.29, 0.717) is 17.7 Å². The Bertz CT molecular complexity index is 1010. The van der Waals surface area contributed by atoms with E-state index in [1.807, 2.05) is 6.07 Å². The first-order chi connectivity index (χ1) is 17.0. The molecular formula is C26H34N4O5. The predicted octanol–water partition coefficient (Wildman–Crippen LogP) is 1.46. The van der Waals surface area contributed by atoms with Crippen LogP contribution in [-0.4, -0.2) is 78.4 Å². The first-order valence-electron chi connectivity index (χ1n) is 12.9. The fraction of sp³-hybridized carbons (Fsp3) is 0.615. The SMILES string of the molecule is O=C1CCC(N2C(=O)c3ccc(CN4CCCC(OCCC5CCCNC5)C4)cc3C2=O)C(=O)N1. The number of likely N-dealkylation sites (tertiary alicyclic amines) is 1. The lowest BCUT2D eigenvalue weighted by atomic mass is 9.97. The van der Waals surface area contributed by atoms with Crippen molar-refractivity contribution in [3.8, 4) is 0 Å². The van der Waals surface area contributed by atoms with Gasteiger partial charge in [-0.1, -0.05) is 6.07 Å². The van der Waals surface area contributed by atoms with E-state index in [4.69, 9.17) is 4.74 Å². The van der Waals surface area contributed by atoms with E-state index < -0.39 is 23.8 Å². The number of hydrogen-bond acceptors (Lipinski definition) is 7. The monoisotopic (exact) mass is 482 g/mol. The van der Waals surface area contributed by atoms with Gasteiger partial charge in [0.2, 0.25) is 11.8 Å². The molecule has 0 radical (unpaired) electrons. The molecule has 0 saturated carbocycles. The van der Waals surface area contributed by atoms with Crippen LogP contribution in [0.2, 0.25) is 0 Å². The quantitative estimate of drug-likeness (QED) is 0.567. The lowest BCUT2D eigenvalue weighted by molar-refractivity contribution is -0.136. The third kappa shape index (κ3) is 5.32. The zero-order valence-corrected chi connectivity index (χ0v) is 20.1. The van der Waals surface area contributed by atoms with E-state index in [0.717, 1.165) is 68.4 Å². The second-order valence-corrected chi connectivity index (χ2v) is 10.2. The first-order valence-corrected chi connectivity index (χ1v) is 12.9. The van der Waals surface area contributed by atoms with Crippen molar-refractivity contribution in [2.75, 3.05) is 32.8 Å². The zero-order chi connectivity index (χ0) is 24.4. The van der Waals surface area contributed by atoms with Crippen LogP contribution in [0.5, 0.6) is 0 Å². The Morgan fingerprint density at radius 1 is 1.00 bits per heavy atom. The van der Waals surface area contributed by atoms with Gasteiger partial charge < -0.3 is 10.1 Å². The molecule has 9 nitrogen and oxygen atoms in total. The fourth-order valence-electron chi connectivity index (χ4n) is 5.74. The Morgan fingerprint density at radius 2 is 1.86 bits per heavy atom. The molecule has 35 heavy (non-hydrogen) atoms. The summed E-state index contributed by atoms with van der Waals surface area (Å²) in [6.45, 7) is 5.54. The largest absolute Gasteiger partial charge is 0.377 e. The summed E-state index contributed by atoms with van der Waals surface area (Å²) in [6, 6.07) is 4.42. The predicted molar refractivity (Wildman–Crippen MR) is 128 cm³/mol. The lowest BCUT2D eigenvalue weighted by Crippen LogP contribution is -2.54. The number of nitrogens with one attached hydrogen (secondary N) is 2. The van der Waals surface area contributed by atoms with Gasteiger partial charge in [0.15, 0.2) is 0 Å². The maximum Gasteiger partial charge on any atom is 0.262 e. The molecule has 4 heterocycles. The number of hydrogen-bond donors (Lipinski definition) is 2. The number of piperidine rings is 3.